The van der Waals surface area contributed by atoms with Crippen LogP contribution in [-0.4, -0.2) is 84.7 Å². The molecule has 0 saturated carbocycles. The fourth-order valence-corrected chi connectivity index (χ4v) is 4.22. The van der Waals surface area contributed by atoms with E-state index in [9.17, 15) is 0 Å². The average molecular weight is 504 g/mol. The lowest BCUT2D eigenvalue weighted by Crippen LogP contribution is -2.53. The molecule has 1 atom stereocenters. The molecular formula is C20H37IN6O. The van der Waals surface area contributed by atoms with E-state index in [1.165, 1.54) is 25.9 Å². The molecule has 0 aliphatic carbocycles. The number of rotatable bonds is 6. The summed E-state index contributed by atoms with van der Waals surface area (Å²) >= 11 is 0. The average Bonchev–Trinajstić information content (AvgIpc) is 3.25. The molecule has 7 nitrogen and oxygen atoms in total. The van der Waals surface area contributed by atoms with Crippen LogP contribution in [0.4, 0.5) is 0 Å². The van der Waals surface area contributed by atoms with Gasteiger partial charge in [-0.15, -0.1) is 24.0 Å². The molecule has 8 heteroatoms. The predicted molar refractivity (Wildman–Crippen MR) is 124 cm³/mol. The first kappa shape index (κ1) is 23.4. The zero-order chi connectivity index (χ0) is 19.2. The first-order valence-electron chi connectivity index (χ1n) is 10.4. The van der Waals surface area contributed by atoms with Crippen LogP contribution in [0.25, 0.3) is 0 Å². The molecule has 1 N–H and O–H groups in total. The van der Waals surface area contributed by atoms with E-state index in [0.29, 0.717) is 6.04 Å². The molecule has 1 aromatic heterocycles. The van der Waals surface area contributed by atoms with E-state index < -0.39 is 0 Å². The molecule has 3 heterocycles. The number of piperazine rings is 1. The van der Waals surface area contributed by atoms with Gasteiger partial charge in [-0.1, -0.05) is 19.0 Å². The Morgan fingerprint density at radius 2 is 2.04 bits per heavy atom. The second-order valence-electron chi connectivity index (χ2n) is 8.31. The number of aromatic nitrogens is 1. The molecule has 0 unspecified atom stereocenters. The number of halogens is 1. The molecule has 2 aliphatic rings. The monoisotopic (exact) mass is 504 g/mol. The van der Waals surface area contributed by atoms with E-state index in [0.717, 1.165) is 62.6 Å². The van der Waals surface area contributed by atoms with Crippen LogP contribution in [0.2, 0.25) is 0 Å². The molecule has 160 valence electrons. The number of nitrogens with zero attached hydrogens (tertiary/aromatic N) is 5. The highest BCUT2D eigenvalue weighted by atomic mass is 127. The molecule has 0 bridgehead atoms. The largest absolute Gasteiger partial charge is 0.361 e. The Labute approximate surface area is 186 Å². The molecule has 3 rings (SSSR count). The lowest BCUT2D eigenvalue weighted by atomic mass is 10.1. The summed E-state index contributed by atoms with van der Waals surface area (Å²) in [5, 5.41) is 7.75. The summed E-state index contributed by atoms with van der Waals surface area (Å²) in [6.07, 6.45) is 2.61. The topological polar surface area (TPSA) is 60.1 Å². The first-order valence-corrected chi connectivity index (χ1v) is 10.4. The summed E-state index contributed by atoms with van der Waals surface area (Å²) in [6.45, 7) is 14.9. The lowest BCUT2D eigenvalue weighted by molar-refractivity contribution is 0.167. The SMILES string of the molecule is CN=C(NC[C@H]1CCCN1CC(C)C)N1CCN(Cc2cc(C)on2)CC1.I. The number of hydrogen-bond acceptors (Lipinski definition) is 5. The van der Waals surface area contributed by atoms with Crippen LogP contribution >= 0.6 is 24.0 Å². The highest BCUT2D eigenvalue weighted by molar-refractivity contribution is 14.0. The maximum Gasteiger partial charge on any atom is 0.193 e. The summed E-state index contributed by atoms with van der Waals surface area (Å²) in [6, 6.07) is 2.66. The van der Waals surface area contributed by atoms with Crippen molar-refractivity contribution in [1.29, 1.82) is 0 Å². The standard InChI is InChI=1S/C20H36N6O.HI/c1-16(2)14-26-7-5-6-19(26)13-22-20(21-4)25-10-8-24(9-11-25)15-18-12-17(3)27-23-18;/h12,16,19H,5-11,13-15H2,1-4H3,(H,21,22);1H/t19-;/m1./s1. The maximum absolute atomic E-state index is 5.18. The Hall–Kier alpha value is -0.870. The quantitative estimate of drug-likeness (QED) is 0.365. The van der Waals surface area contributed by atoms with Gasteiger partial charge in [-0.25, -0.2) is 0 Å². The number of aliphatic imine (C=N–C) groups is 1. The zero-order valence-electron chi connectivity index (χ0n) is 17.9. The summed E-state index contributed by atoms with van der Waals surface area (Å²) < 4.78 is 5.18. The molecule has 28 heavy (non-hydrogen) atoms. The van der Waals surface area contributed by atoms with Gasteiger partial charge in [-0.3, -0.25) is 14.8 Å². The first-order chi connectivity index (χ1) is 13.0. The minimum atomic E-state index is 0. The molecule has 1 aromatic rings. The highest BCUT2D eigenvalue weighted by Gasteiger charge is 2.26. The van der Waals surface area contributed by atoms with Crippen molar-refractivity contribution in [3.05, 3.63) is 17.5 Å². The highest BCUT2D eigenvalue weighted by Crippen LogP contribution is 2.18. The van der Waals surface area contributed by atoms with Crippen molar-refractivity contribution in [2.45, 2.75) is 46.2 Å². The van der Waals surface area contributed by atoms with Gasteiger partial charge in [0.25, 0.3) is 0 Å². The van der Waals surface area contributed by atoms with Crippen LogP contribution in [0.3, 0.4) is 0 Å². The van der Waals surface area contributed by atoms with Crippen molar-refractivity contribution in [2.24, 2.45) is 10.9 Å². The van der Waals surface area contributed by atoms with E-state index in [1.54, 1.807) is 0 Å². The van der Waals surface area contributed by atoms with E-state index in [-0.39, 0.29) is 24.0 Å². The van der Waals surface area contributed by atoms with Gasteiger partial charge in [-0.05, 0) is 32.2 Å². The van der Waals surface area contributed by atoms with Crippen LogP contribution in [0.1, 0.15) is 38.1 Å². The minimum Gasteiger partial charge on any atom is -0.361 e. The third-order valence-corrected chi connectivity index (χ3v) is 5.54. The van der Waals surface area contributed by atoms with Crippen LogP contribution < -0.4 is 5.32 Å². The Kier molecular flexibility index (Phi) is 9.49. The number of guanidine groups is 1. The molecular weight excluding hydrogens is 467 g/mol. The summed E-state index contributed by atoms with van der Waals surface area (Å²) in [4.78, 5) is 12.0. The lowest BCUT2D eigenvalue weighted by Gasteiger charge is -2.36. The van der Waals surface area contributed by atoms with E-state index >= 15 is 0 Å². The number of nitrogens with one attached hydrogen (secondary N) is 1. The predicted octanol–water partition coefficient (Wildman–Crippen LogP) is 2.41. The van der Waals surface area contributed by atoms with Gasteiger partial charge in [-0.2, -0.15) is 0 Å². The summed E-state index contributed by atoms with van der Waals surface area (Å²) in [5.74, 6) is 2.65. The van der Waals surface area contributed by atoms with Crippen LogP contribution in [0.5, 0.6) is 0 Å². The van der Waals surface area contributed by atoms with Gasteiger partial charge in [0, 0.05) is 65.0 Å². The molecule has 0 aromatic carbocycles. The fourth-order valence-electron chi connectivity index (χ4n) is 4.22. The Morgan fingerprint density at radius 1 is 1.29 bits per heavy atom. The van der Waals surface area contributed by atoms with Crippen molar-refractivity contribution in [3.8, 4) is 0 Å². The van der Waals surface area contributed by atoms with E-state index in [2.05, 4.69) is 44.0 Å². The van der Waals surface area contributed by atoms with Crippen molar-refractivity contribution in [1.82, 2.24) is 25.2 Å². The van der Waals surface area contributed by atoms with Gasteiger partial charge in [0.2, 0.25) is 0 Å². The maximum atomic E-state index is 5.18. The third-order valence-electron chi connectivity index (χ3n) is 5.54. The second kappa shape index (κ2) is 11.3. The molecule has 0 radical (unpaired) electrons. The van der Waals surface area contributed by atoms with Gasteiger partial charge < -0.3 is 14.7 Å². The Bertz CT molecular complexity index is 612. The van der Waals surface area contributed by atoms with Gasteiger partial charge in [0.15, 0.2) is 5.96 Å². The van der Waals surface area contributed by atoms with Crippen LogP contribution in [0.15, 0.2) is 15.6 Å². The Morgan fingerprint density at radius 3 is 2.64 bits per heavy atom. The minimum absolute atomic E-state index is 0. The fraction of sp³-hybridized carbons (Fsp3) is 0.800. The van der Waals surface area contributed by atoms with Gasteiger partial charge in [0.1, 0.15) is 5.76 Å². The van der Waals surface area contributed by atoms with Crippen LogP contribution in [0, 0.1) is 12.8 Å². The Balaban J connectivity index is 0.00000280. The summed E-state index contributed by atoms with van der Waals surface area (Å²) in [7, 11) is 1.90. The zero-order valence-corrected chi connectivity index (χ0v) is 20.2. The van der Waals surface area contributed by atoms with E-state index in [1.807, 2.05) is 20.0 Å². The second-order valence-corrected chi connectivity index (χ2v) is 8.31. The smallest absolute Gasteiger partial charge is 0.193 e. The number of aryl methyl sites for hydroxylation is 1. The number of likely N-dealkylation sites (tertiary alicyclic amines) is 1. The molecule has 2 fully saturated rings. The van der Waals surface area contributed by atoms with Crippen molar-refractivity contribution >= 4 is 29.9 Å². The van der Waals surface area contributed by atoms with Crippen molar-refractivity contribution < 1.29 is 4.52 Å². The molecule has 0 amide bonds. The van der Waals surface area contributed by atoms with E-state index in [4.69, 9.17) is 4.52 Å². The molecule has 2 aliphatic heterocycles. The summed E-state index contributed by atoms with van der Waals surface area (Å²) in [5.41, 5.74) is 1.02. The molecule has 0 spiro atoms. The van der Waals surface area contributed by atoms with Crippen molar-refractivity contribution in [3.63, 3.8) is 0 Å². The molecule has 2 saturated heterocycles. The van der Waals surface area contributed by atoms with Crippen LogP contribution in [-0.2, 0) is 6.54 Å². The van der Waals surface area contributed by atoms with Gasteiger partial charge >= 0.3 is 0 Å². The third kappa shape index (κ3) is 6.59. The normalized spacial score (nSPS) is 22.0. The van der Waals surface area contributed by atoms with Crippen molar-refractivity contribution in [2.75, 3.05) is 52.9 Å². The number of hydrogen-bond donors (Lipinski definition) is 1. The van der Waals surface area contributed by atoms with Gasteiger partial charge in [0.05, 0.1) is 5.69 Å².